The Hall–Kier alpha value is -3.06. The lowest BCUT2D eigenvalue weighted by Crippen LogP contribution is -2.53. The number of ether oxygens (including phenoxy) is 1. The van der Waals surface area contributed by atoms with Gasteiger partial charge in [0, 0.05) is 44.8 Å². The third kappa shape index (κ3) is 6.22. The number of amides is 3. The molecule has 0 atom stereocenters. The van der Waals surface area contributed by atoms with E-state index >= 15 is 0 Å². The van der Waals surface area contributed by atoms with Crippen LogP contribution in [0.1, 0.15) is 12.5 Å². The van der Waals surface area contributed by atoms with E-state index in [1.165, 1.54) is 0 Å². The van der Waals surface area contributed by atoms with E-state index in [1.807, 2.05) is 61.5 Å². The lowest BCUT2D eigenvalue weighted by Gasteiger charge is -2.34. The molecule has 0 aromatic heterocycles. The maximum Gasteiger partial charge on any atom is 0.317 e. The highest BCUT2D eigenvalue weighted by atomic mass is 16.5. The molecule has 0 radical (unpaired) electrons. The highest BCUT2D eigenvalue weighted by Gasteiger charge is 2.22. The Kier molecular flexibility index (Phi) is 7.47. The van der Waals surface area contributed by atoms with Crippen molar-refractivity contribution in [3.05, 3.63) is 60.2 Å². The molecule has 2 aromatic rings. The number of carbonyl (C=O) groups is 2. The van der Waals surface area contributed by atoms with Crippen LogP contribution in [0.4, 0.5) is 4.79 Å². The number of hydrogen-bond donors (Lipinski definition) is 2. The summed E-state index contributed by atoms with van der Waals surface area (Å²) >= 11 is 0. The van der Waals surface area contributed by atoms with Gasteiger partial charge in [0.1, 0.15) is 11.5 Å². The standard InChI is InChI=1S/C22H28N4O3/c1-2-23-21(27)17-25-12-14-26(15-13-25)22(28)24-16-18-8-6-7-11-20(18)29-19-9-4-3-5-10-19/h3-11H,2,12-17H2,1H3,(H,23,27)(H,24,28). The second-order valence-corrected chi connectivity index (χ2v) is 6.90. The fourth-order valence-corrected chi connectivity index (χ4v) is 3.21. The minimum Gasteiger partial charge on any atom is -0.457 e. The fourth-order valence-electron chi connectivity index (χ4n) is 3.21. The second-order valence-electron chi connectivity index (χ2n) is 6.90. The molecular formula is C22H28N4O3. The van der Waals surface area contributed by atoms with Gasteiger partial charge in [0.05, 0.1) is 6.54 Å². The van der Waals surface area contributed by atoms with E-state index in [0.29, 0.717) is 45.8 Å². The van der Waals surface area contributed by atoms with Crippen LogP contribution in [0.2, 0.25) is 0 Å². The Labute approximate surface area is 171 Å². The van der Waals surface area contributed by atoms with Crippen LogP contribution in [0.15, 0.2) is 54.6 Å². The molecule has 154 valence electrons. The van der Waals surface area contributed by atoms with Crippen molar-refractivity contribution in [1.29, 1.82) is 0 Å². The molecule has 29 heavy (non-hydrogen) atoms. The van der Waals surface area contributed by atoms with E-state index in [0.717, 1.165) is 17.1 Å². The van der Waals surface area contributed by atoms with Gasteiger partial charge in [0.25, 0.3) is 0 Å². The van der Waals surface area contributed by atoms with Crippen molar-refractivity contribution in [2.24, 2.45) is 0 Å². The van der Waals surface area contributed by atoms with Crippen molar-refractivity contribution in [3.8, 4) is 11.5 Å². The number of rotatable bonds is 7. The van der Waals surface area contributed by atoms with Crippen molar-refractivity contribution < 1.29 is 14.3 Å². The maximum absolute atomic E-state index is 12.5. The first kappa shape index (κ1) is 20.7. The third-order valence-corrected chi connectivity index (χ3v) is 4.77. The van der Waals surface area contributed by atoms with E-state index in [1.54, 1.807) is 4.90 Å². The molecule has 7 nitrogen and oxygen atoms in total. The van der Waals surface area contributed by atoms with Gasteiger partial charge in [-0.15, -0.1) is 0 Å². The number of likely N-dealkylation sites (N-methyl/N-ethyl adjacent to an activating group) is 1. The third-order valence-electron chi connectivity index (χ3n) is 4.77. The maximum atomic E-state index is 12.5. The topological polar surface area (TPSA) is 73.9 Å². The molecule has 1 aliphatic heterocycles. The summed E-state index contributed by atoms with van der Waals surface area (Å²) in [5.74, 6) is 1.51. The zero-order chi connectivity index (χ0) is 20.5. The SMILES string of the molecule is CCNC(=O)CN1CCN(C(=O)NCc2ccccc2Oc2ccccc2)CC1. The first-order valence-corrected chi connectivity index (χ1v) is 9.98. The summed E-state index contributed by atoms with van der Waals surface area (Å²) in [5, 5.41) is 5.78. The molecule has 3 amide bonds. The Morgan fingerprint density at radius 1 is 0.931 bits per heavy atom. The number of nitrogens with one attached hydrogen (secondary N) is 2. The zero-order valence-electron chi connectivity index (χ0n) is 16.8. The van der Waals surface area contributed by atoms with Crippen LogP contribution < -0.4 is 15.4 Å². The van der Waals surface area contributed by atoms with Gasteiger partial charge < -0.3 is 20.3 Å². The first-order valence-electron chi connectivity index (χ1n) is 9.98. The molecule has 1 saturated heterocycles. The van der Waals surface area contributed by atoms with Crippen LogP contribution in [0.3, 0.4) is 0 Å². The summed E-state index contributed by atoms with van der Waals surface area (Å²) < 4.78 is 5.95. The highest BCUT2D eigenvalue weighted by Crippen LogP contribution is 2.24. The van der Waals surface area contributed by atoms with Crippen LogP contribution in [-0.4, -0.2) is 61.0 Å². The van der Waals surface area contributed by atoms with E-state index in [9.17, 15) is 9.59 Å². The Balaban J connectivity index is 1.48. The molecule has 0 aliphatic carbocycles. The Morgan fingerprint density at radius 2 is 1.62 bits per heavy atom. The van der Waals surface area contributed by atoms with Crippen LogP contribution in [-0.2, 0) is 11.3 Å². The van der Waals surface area contributed by atoms with Crippen LogP contribution >= 0.6 is 0 Å². The highest BCUT2D eigenvalue weighted by molar-refractivity contribution is 5.78. The number of urea groups is 1. The monoisotopic (exact) mass is 396 g/mol. The zero-order valence-corrected chi connectivity index (χ0v) is 16.8. The van der Waals surface area contributed by atoms with Crippen LogP contribution in [0.25, 0.3) is 0 Å². The average Bonchev–Trinajstić information content (AvgIpc) is 2.74. The first-order chi connectivity index (χ1) is 14.2. The van der Waals surface area contributed by atoms with Crippen molar-refractivity contribution in [2.75, 3.05) is 39.3 Å². The smallest absolute Gasteiger partial charge is 0.317 e. The molecule has 2 aromatic carbocycles. The Morgan fingerprint density at radius 3 is 2.34 bits per heavy atom. The molecular weight excluding hydrogens is 368 g/mol. The molecule has 7 heteroatoms. The molecule has 1 heterocycles. The molecule has 2 N–H and O–H groups in total. The minimum atomic E-state index is -0.0998. The van der Waals surface area contributed by atoms with Gasteiger partial charge in [0.2, 0.25) is 5.91 Å². The predicted octanol–water partition coefficient (Wildman–Crippen LogP) is 2.44. The van der Waals surface area contributed by atoms with Gasteiger partial charge in [-0.25, -0.2) is 4.79 Å². The second kappa shape index (κ2) is 10.5. The summed E-state index contributed by atoms with van der Waals surface area (Å²) in [5.41, 5.74) is 0.916. The number of carbonyl (C=O) groups excluding carboxylic acids is 2. The number of benzene rings is 2. The van der Waals surface area contributed by atoms with Gasteiger partial charge >= 0.3 is 6.03 Å². The van der Waals surface area contributed by atoms with Gasteiger partial charge in [-0.05, 0) is 25.1 Å². The number of piperazine rings is 1. The van der Waals surface area contributed by atoms with Crippen molar-refractivity contribution >= 4 is 11.9 Å². The van der Waals surface area contributed by atoms with E-state index in [2.05, 4.69) is 15.5 Å². The molecule has 1 fully saturated rings. The van der Waals surface area contributed by atoms with Gasteiger partial charge in [-0.1, -0.05) is 36.4 Å². The van der Waals surface area contributed by atoms with Crippen molar-refractivity contribution in [1.82, 2.24) is 20.4 Å². The molecule has 0 bridgehead atoms. The molecule has 0 unspecified atom stereocenters. The summed E-state index contributed by atoms with van der Waals surface area (Å²) in [7, 11) is 0. The van der Waals surface area contributed by atoms with Gasteiger partial charge in [0.15, 0.2) is 0 Å². The molecule has 1 aliphatic rings. The van der Waals surface area contributed by atoms with Gasteiger partial charge in [-0.2, -0.15) is 0 Å². The number of nitrogens with zero attached hydrogens (tertiary/aromatic N) is 2. The Bertz CT molecular complexity index is 805. The summed E-state index contributed by atoms with van der Waals surface area (Å²) in [6.07, 6.45) is 0. The molecule has 3 rings (SSSR count). The minimum absolute atomic E-state index is 0.0282. The summed E-state index contributed by atoms with van der Waals surface area (Å²) in [6, 6.07) is 17.2. The summed E-state index contributed by atoms with van der Waals surface area (Å²) in [6.45, 7) is 5.91. The quantitative estimate of drug-likeness (QED) is 0.754. The van der Waals surface area contributed by atoms with Crippen molar-refractivity contribution in [3.63, 3.8) is 0 Å². The normalized spacial score (nSPS) is 14.3. The molecule has 0 spiro atoms. The van der Waals surface area contributed by atoms with Crippen molar-refractivity contribution in [2.45, 2.75) is 13.5 Å². The lowest BCUT2D eigenvalue weighted by atomic mass is 10.2. The van der Waals surface area contributed by atoms with E-state index in [-0.39, 0.29) is 11.9 Å². The van der Waals surface area contributed by atoms with Crippen LogP contribution in [0.5, 0.6) is 11.5 Å². The number of para-hydroxylation sites is 2. The molecule has 0 saturated carbocycles. The van der Waals surface area contributed by atoms with E-state index in [4.69, 9.17) is 4.74 Å². The summed E-state index contributed by atoms with van der Waals surface area (Å²) in [4.78, 5) is 28.1. The fraction of sp³-hybridized carbons (Fsp3) is 0.364. The van der Waals surface area contributed by atoms with E-state index < -0.39 is 0 Å². The predicted molar refractivity (Wildman–Crippen MR) is 112 cm³/mol. The number of hydrogen-bond acceptors (Lipinski definition) is 4. The van der Waals surface area contributed by atoms with Crippen LogP contribution in [0, 0.1) is 0 Å². The largest absolute Gasteiger partial charge is 0.457 e. The average molecular weight is 396 g/mol. The van der Waals surface area contributed by atoms with Gasteiger partial charge in [-0.3, -0.25) is 9.69 Å². The lowest BCUT2D eigenvalue weighted by molar-refractivity contribution is -0.122.